The number of rotatable bonds is 11. The molecule has 1 aromatic rings. The van der Waals surface area contributed by atoms with Gasteiger partial charge in [-0.1, -0.05) is 35.9 Å². The molecule has 1 aliphatic carbocycles. The van der Waals surface area contributed by atoms with Crippen LogP contribution in [0, 0.1) is 18.8 Å². The third-order valence-corrected chi connectivity index (χ3v) is 11.1. The summed E-state index contributed by atoms with van der Waals surface area (Å²) in [6.45, 7) is 2.99. The monoisotopic (exact) mass is 523 g/mol. The van der Waals surface area contributed by atoms with Crippen molar-refractivity contribution in [1.82, 2.24) is 0 Å². The van der Waals surface area contributed by atoms with Gasteiger partial charge in [-0.15, -0.1) is 0 Å². The lowest BCUT2D eigenvalue weighted by Crippen LogP contribution is -2.57. The third-order valence-electron chi connectivity index (χ3n) is 5.71. The second-order valence-electron chi connectivity index (χ2n) is 7.86. The highest BCUT2D eigenvalue weighted by Crippen LogP contribution is 2.36. The fraction of sp³-hybridized carbons (Fsp3) is 0.409. The van der Waals surface area contributed by atoms with Gasteiger partial charge in [0.25, 0.3) is 0 Å². The molecular weight excluding hydrogens is 494 g/mol. The number of benzene rings is 1. The highest BCUT2D eigenvalue weighted by molar-refractivity contribution is 6.71. The zero-order valence-corrected chi connectivity index (χ0v) is 22.4. The van der Waals surface area contributed by atoms with Crippen molar-refractivity contribution < 1.29 is 45.4 Å². The summed E-state index contributed by atoms with van der Waals surface area (Å²) in [5.41, 5.74) is 1.64. The van der Waals surface area contributed by atoms with Crippen LogP contribution in [-0.2, 0) is 45.4 Å². The molecule has 11 nitrogen and oxygen atoms in total. The van der Waals surface area contributed by atoms with E-state index in [-0.39, 0.29) is 11.5 Å². The van der Waals surface area contributed by atoms with Crippen molar-refractivity contribution in [3.05, 3.63) is 53.6 Å². The Morgan fingerprint density at radius 2 is 1.54 bits per heavy atom. The van der Waals surface area contributed by atoms with Gasteiger partial charge in [-0.25, -0.2) is 9.69 Å². The summed E-state index contributed by atoms with van der Waals surface area (Å²) in [6.07, 6.45) is 4.46. The highest BCUT2D eigenvalue weighted by atomic mass is 28.5. The van der Waals surface area contributed by atoms with Gasteiger partial charge in [0, 0.05) is 35.0 Å². The Morgan fingerprint density at radius 1 is 0.943 bits per heavy atom. The lowest BCUT2D eigenvalue weighted by atomic mass is 9.88. The Hall–Kier alpha value is -2.50. The largest absolute Gasteiger partial charge is 0.671 e. The number of hydrogen-bond donors (Lipinski definition) is 0. The smallest absolute Gasteiger partial charge is 0.436 e. The summed E-state index contributed by atoms with van der Waals surface area (Å²) in [4.78, 5) is 39.6. The molecule has 0 saturated carbocycles. The first-order valence-electron chi connectivity index (χ1n) is 10.7. The molecule has 1 aromatic carbocycles. The maximum absolute atomic E-state index is 13.0. The van der Waals surface area contributed by atoms with Gasteiger partial charge >= 0.3 is 23.8 Å². The van der Waals surface area contributed by atoms with Crippen LogP contribution in [0.15, 0.2) is 48.1 Å². The summed E-state index contributed by atoms with van der Waals surface area (Å²) in [6, 6.07) is 7.09. The number of hydrogen-bond acceptors (Lipinski definition) is 10. The number of fused-ring (bicyclic) bond motifs is 1. The molecule has 0 bridgehead atoms. The molecule has 0 N–H and O–H groups in total. The van der Waals surface area contributed by atoms with E-state index in [0.29, 0.717) is 5.69 Å². The van der Waals surface area contributed by atoms with Crippen molar-refractivity contribution in [2.24, 2.45) is 11.8 Å². The first kappa shape index (κ1) is 27.1. The molecule has 35 heavy (non-hydrogen) atoms. The SMILES string of the molecule is CO[Si](C)(OCOC(=O)C1=CC2C(=O)N(c3ccc(C)cc3)C(=O)C2C=C1)O[Si](OC)(OC)OC. The second-order valence-corrected chi connectivity index (χ2v) is 13.3. The Morgan fingerprint density at radius 3 is 2.11 bits per heavy atom. The molecule has 0 radical (unpaired) electrons. The Balaban J connectivity index is 1.64. The van der Waals surface area contributed by atoms with Crippen LogP contribution >= 0.6 is 0 Å². The molecule has 190 valence electrons. The third kappa shape index (κ3) is 5.68. The van der Waals surface area contributed by atoms with Gasteiger partial charge < -0.3 is 31.0 Å². The van der Waals surface area contributed by atoms with Gasteiger partial charge in [-0.2, -0.15) is 0 Å². The van der Waals surface area contributed by atoms with Crippen LogP contribution in [0.25, 0.3) is 0 Å². The summed E-state index contributed by atoms with van der Waals surface area (Å²) in [5.74, 6) is -2.94. The molecule has 3 unspecified atom stereocenters. The molecule has 1 aliphatic heterocycles. The minimum Gasteiger partial charge on any atom is -0.436 e. The first-order chi connectivity index (χ1) is 16.6. The first-order valence-corrected chi connectivity index (χ1v) is 14.5. The zero-order valence-electron chi connectivity index (χ0n) is 20.4. The van der Waals surface area contributed by atoms with E-state index in [9.17, 15) is 14.4 Å². The average Bonchev–Trinajstić information content (AvgIpc) is 3.12. The fourth-order valence-electron chi connectivity index (χ4n) is 3.64. The van der Waals surface area contributed by atoms with E-state index in [4.69, 9.17) is 31.0 Å². The van der Waals surface area contributed by atoms with Crippen LogP contribution < -0.4 is 4.90 Å². The molecule has 1 fully saturated rings. The normalized spacial score (nSPS) is 21.5. The molecule has 2 aliphatic rings. The zero-order chi connectivity index (χ0) is 25.8. The standard InChI is InChI=1S/C22H29NO10Si2/c1-15-7-10-17(11-8-15)23-20(24)18-12-9-16(13-19(18)21(23)25)22(26)31-14-32-34(6,27-2)33-35(28-3,29-4)30-5/h7-13,18-19H,14H2,1-6H3. The van der Waals surface area contributed by atoms with Gasteiger partial charge in [0.1, 0.15) is 0 Å². The molecule has 1 heterocycles. The van der Waals surface area contributed by atoms with Gasteiger partial charge in [-0.3, -0.25) is 9.59 Å². The maximum atomic E-state index is 13.0. The van der Waals surface area contributed by atoms with Gasteiger partial charge in [0.15, 0.2) is 6.79 Å². The molecule has 2 amide bonds. The average molecular weight is 524 g/mol. The Bertz CT molecular complexity index is 1020. The number of ether oxygens (including phenoxy) is 1. The highest BCUT2D eigenvalue weighted by Gasteiger charge is 2.53. The van der Waals surface area contributed by atoms with E-state index >= 15 is 0 Å². The van der Waals surface area contributed by atoms with Crippen molar-refractivity contribution in [2.45, 2.75) is 13.5 Å². The fourth-order valence-corrected chi connectivity index (χ4v) is 7.91. The van der Waals surface area contributed by atoms with Crippen LogP contribution in [0.1, 0.15) is 5.56 Å². The van der Waals surface area contributed by atoms with Crippen molar-refractivity contribution in [2.75, 3.05) is 40.1 Å². The predicted octanol–water partition coefficient (Wildman–Crippen LogP) is 1.72. The van der Waals surface area contributed by atoms with Gasteiger partial charge in [-0.05, 0) is 19.1 Å². The predicted molar refractivity (Wildman–Crippen MR) is 126 cm³/mol. The number of aryl methyl sites for hydroxylation is 1. The van der Waals surface area contributed by atoms with Gasteiger partial charge in [0.05, 0.1) is 23.1 Å². The summed E-state index contributed by atoms with van der Waals surface area (Å²) >= 11 is 0. The molecular formula is C22H29NO10Si2. The van der Waals surface area contributed by atoms with Crippen LogP contribution in [0.3, 0.4) is 0 Å². The molecule has 3 atom stereocenters. The molecule has 1 saturated heterocycles. The maximum Gasteiger partial charge on any atom is 0.671 e. The van der Waals surface area contributed by atoms with Crippen LogP contribution in [0.5, 0.6) is 0 Å². The number of amides is 2. The van der Waals surface area contributed by atoms with E-state index in [1.807, 2.05) is 19.1 Å². The lowest BCUT2D eigenvalue weighted by Gasteiger charge is -2.31. The minimum atomic E-state index is -3.48. The Labute approximate surface area is 206 Å². The molecule has 0 spiro atoms. The minimum absolute atomic E-state index is 0.137. The van der Waals surface area contributed by atoms with Crippen molar-refractivity contribution in [3.63, 3.8) is 0 Å². The van der Waals surface area contributed by atoms with E-state index in [1.165, 1.54) is 40.6 Å². The van der Waals surface area contributed by atoms with E-state index < -0.39 is 48.4 Å². The number of imide groups is 1. The molecule has 0 aromatic heterocycles. The van der Waals surface area contributed by atoms with Crippen molar-refractivity contribution >= 4 is 41.3 Å². The van der Waals surface area contributed by atoms with Crippen LogP contribution in [0.2, 0.25) is 6.55 Å². The number of nitrogens with zero attached hydrogens (tertiary/aromatic N) is 1. The lowest BCUT2D eigenvalue weighted by molar-refractivity contribution is -0.147. The molecule has 13 heteroatoms. The summed E-state index contributed by atoms with van der Waals surface area (Å²) in [5, 5.41) is 0. The number of carbonyl (C=O) groups is 3. The van der Waals surface area contributed by atoms with E-state index in [1.54, 1.807) is 24.8 Å². The second kappa shape index (κ2) is 11.1. The van der Waals surface area contributed by atoms with Crippen molar-refractivity contribution in [1.29, 1.82) is 0 Å². The van der Waals surface area contributed by atoms with Crippen LogP contribution in [-0.4, -0.2) is 70.9 Å². The quantitative estimate of drug-likeness (QED) is 0.184. The summed E-state index contributed by atoms with van der Waals surface area (Å²) < 4.78 is 37.5. The number of carbonyl (C=O) groups excluding carboxylic acids is 3. The van der Waals surface area contributed by atoms with Gasteiger partial charge in [0.2, 0.25) is 11.8 Å². The van der Waals surface area contributed by atoms with E-state index in [2.05, 4.69) is 0 Å². The van der Waals surface area contributed by atoms with Crippen LogP contribution in [0.4, 0.5) is 5.69 Å². The number of anilines is 1. The van der Waals surface area contributed by atoms with E-state index in [0.717, 1.165) is 10.5 Å². The Kier molecular flexibility index (Phi) is 8.56. The topological polar surface area (TPSA) is 119 Å². The van der Waals surface area contributed by atoms with Crippen molar-refractivity contribution in [3.8, 4) is 0 Å². The summed E-state index contributed by atoms with van der Waals surface area (Å²) in [7, 11) is -1.35. The molecule has 3 rings (SSSR count). The number of esters is 1.